The molecule has 12 heavy (non-hydrogen) atoms. The first-order valence-electron chi connectivity index (χ1n) is 4.27. The van der Waals surface area contributed by atoms with Crippen LogP contribution in [0, 0.1) is 5.41 Å². The maximum atomic E-state index is 9.08. The Morgan fingerprint density at radius 2 is 1.58 bits per heavy atom. The highest BCUT2D eigenvalue weighted by atomic mass is 16.3. The van der Waals surface area contributed by atoms with E-state index in [0.717, 1.165) is 13.1 Å². The number of nitrogens with zero attached hydrogens (tertiary/aromatic N) is 1. The van der Waals surface area contributed by atoms with E-state index in [2.05, 4.69) is 4.90 Å². The lowest BCUT2D eigenvalue weighted by Gasteiger charge is -2.34. The summed E-state index contributed by atoms with van der Waals surface area (Å²) in [5, 5.41) is 27.2. The van der Waals surface area contributed by atoms with Crippen molar-refractivity contribution in [1.82, 2.24) is 4.90 Å². The van der Waals surface area contributed by atoms with Crippen LogP contribution in [0.5, 0.6) is 0 Å². The molecule has 0 bridgehead atoms. The van der Waals surface area contributed by atoms with Crippen LogP contribution in [-0.4, -0.2) is 59.2 Å². The van der Waals surface area contributed by atoms with Crippen LogP contribution < -0.4 is 0 Å². The predicted molar refractivity (Wildman–Crippen MR) is 44.7 cm³/mol. The van der Waals surface area contributed by atoms with E-state index in [4.69, 9.17) is 15.3 Å². The normalized spacial score (nSPS) is 21.0. The van der Waals surface area contributed by atoms with Crippen molar-refractivity contribution in [2.24, 2.45) is 5.41 Å². The van der Waals surface area contributed by atoms with Gasteiger partial charge in [-0.2, -0.15) is 0 Å². The van der Waals surface area contributed by atoms with Gasteiger partial charge in [0.1, 0.15) is 0 Å². The molecule has 1 atom stereocenters. The van der Waals surface area contributed by atoms with Crippen molar-refractivity contribution < 1.29 is 15.3 Å². The van der Waals surface area contributed by atoms with Gasteiger partial charge in [-0.15, -0.1) is 0 Å². The average molecular weight is 175 g/mol. The Labute approximate surface area is 72.4 Å². The smallest absolute Gasteiger partial charge is 0.0549 e. The van der Waals surface area contributed by atoms with Crippen LogP contribution in [0.2, 0.25) is 0 Å². The van der Waals surface area contributed by atoms with E-state index in [1.807, 2.05) is 6.92 Å². The van der Waals surface area contributed by atoms with E-state index in [1.165, 1.54) is 0 Å². The molecule has 0 amide bonds. The van der Waals surface area contributed by atoms with Crippen LogP contribution in [-0.2, 0) is 0 Å². The van der Waals surface area contributed by atoms with E-state index in [-0.39, 0.29) is 25.9 Å². The van der Waals surface area contributed by atoms with Gasteiger partial charge in [0.05, 0.1) is 25.2 Å². The third-order valence-electron chi connectivity index (χ3n) is 2.86. The summed E-state index contributed by atoms with van der Waals surface area (Å²) in [7, 11) is 0. The fourth-order valence-corrected chi connectivity index (χ4v) is 1.38. The summed E-state index contributed by atoms with van der Waals surface area (Å²) in [6.07, 6.45) is 0. The maximum absolute atomic E-state index is 9.08. The molecule has 0 aromatic rings. The summed E-state index contributed by atoms with van der Waals surface area (Å²) in [5.41, 5.74) is -0.740. The second-order valence-electron chi connectivity index (χ2n) is 3.55. The zero-order chi connectivity index (χ0) is 9.19. The zero-order valence-electron chi connectivity index (χ0n) is 7.40. The fraction of sp³-hybridized carbons (Fsp3) is 1.00. The SMILES string of the molecule is CC(N1CC1)C(CO)(CO)CO. The largest absolute Gasteiger partial charge is 0.396 e. The molecule has 4 heteroatoms. The second kappa shape index (κ2) is 3.70. The minimum absolute atomic E-state index is 0.0532. The molecular formula is C8H17NO3. The Morgan fingerprint density at radius 3 is 1.83 bits per heavy atom. The van der Waals surface area contributed by atoms with Crippen molar-refractivity contribution in [2.45, 2.75) is 13.0 Å². The van der Waals surface area contributed by atoms with E-state index < -0.39 is 5.41 Å². The van der Waals surface area contributed by atoms with E-state index in [9.17, 15) is 0 Å². The van der Waals surface area contributed by atoms with Crippen LogP contribution in [0.1, 0.15) is 6.92 Å². The Balaban J connectivity index is 2.60. The zero-order valence-corrected chi connectivity index (χ0v) is 7.40. The summed E-state index contributed by atoms with van der Waals surface area (Å²) in [6.45, 7) is 3.43. The highest BCUT2D eigenvalue weighted by Gasteiger charge is 2.41. The highest BCUT2D eigenvalue weighted by molar-refractivity contribution is 4.93. The second-order valence-corrected chi connectivity index (χ2v) is 3.55. The van der Waals surface area contributed by atoms with E-state index in [1.54, 1.807) is 0 Å². The van der Waals surface area contributed by atoms with Crippen molar-refractivity contribution in [2.75, 3.05) is 32.9 Å². The first kappa shape index (κ1) is 9.92. The lowest BCUT2D eigenvalue weighted by atomic mass is 9.83. The van der Waals surface area contributed by atoms with Gasteiger partial charge in [-0.1, -0.05) is 0 Å². The van der Waals surface area contributed by atoms with Gasteiger partial charge in [0, 0.05) is 19.1 Å². The van der Waals surface area contributed by atoms with Gasteiger partial charge in [0.2, 0.25) is 0 Å². The van der Waals surface area contributed by atoms with Crippen molar-refractivity contribution >= 4 is 0 Å². The Kier molecular flexibility index (Phi) is 3.06. The van der Waals surface area contributed by atoms with Crippen molar-refractivity contribution in [3.8, 4) is 0 Å². The van der Waals surface area contributed by atoms with Gasteiger partial charge in [0.25, 0.3) is 0 Å². The molecule has 1 saturated heterocycles. The average Bonchev–Trinajstić information content (AvgIpc) is 2.91. The summed E-state index contributed by atoms with van der Waals surface area (Å²) in [6, 6.07) is 0.0532. The lowest BCUT2D eigenvalue weighted by Crippen LogP contribution is -2.47. The Bertz CT molecular complexity index is 135. The van der Waals surface area contributed by atoms with Gasteiger partial charge in [-0.3, -0.25) is 4.90 Å². The van der Waals surface area contributed by atoms with Crippen LogP contribution in [0.4, 0.5) is 0 Å². The predicted octanol–water partition coefficient (Wildman–Crippen LogP) is -1.35. The Morgan fingerprint density at radius 1 is 1.17 bits per heavy atom. The van der Waals surface area contributed by atoms with Gasteiger partial charge >= 0.3 is 0 Å². The van der Waals surface area contributed by atoms with E-state index in [0.29, 0.717) is 0 Å². The molecule has 1 unspecified atom stereocenters. The topological polar surface area (TPSA) is 63.7 Å². The first-order chi connectivity index (χ1) is 5.70. The maximum Gasteiger partial charge on any atom is 0.0549 e. The van der Waals surface area contributed by atoms with E-state index >= 15 is 0 Å². The standard InChI is InChI=1S/C8H17NO3/c1-7(9-2-3-9)8(4-10,5-11)6-12/h7,10-12H,2-6H2,1H3. The van der Waals surface area contributed by atoms with Crippen LogP contribution in [0.3, 0.4) is 0 Å². The molecule has 0 radical (unpaired) electrons. The molecule has 0 saturated carbocycles. The van der Waals surface area contributed by atoms with Crippen molar-refractivity contribution in [3.63, 3.8) is 0 Å². The van der Waals surface area contributed by atoms with Gasteiger partial charge in [-0.05, 0) is 6.92 Å². The molecule has 3 N–H and O–H groups in total. The molecule has 0 aromatic carbocycles. The number of rotatable bonds is 5. The van der Waals surface area contributed by atoms with Crippen molar-refractivity contribution in [3.05, 3.63) is 0 Å². The van der Waals surface area contributed by atoms with Gasteiger partial charge < -0.3 is 15.3 Å². The van der Waals surface area contributed by atoms with Crippen LogP contribution in [0.15, 0.2) is 0 Å². The summed E-state index contributed by atoms with van der Waals surface area (Å²) >= 11 is 0. The summed E-state index contributed by atoms with van der Waals surface area (Å²) in [4.78, 5) is 2.11. The van der Waals surface area contributed by atoms with Crippen LogP contribution >= 0.6 is 0 Å². The molecule has 0 aliphatic carbocycles. The number of aliphatic hydroxyl groups is 3. The first-order valence-corrected chi connectivity index (χ1v) is 4.27. The van der Waals surface area contributed by atoms with Gasteiger partial charge in [0.15, 0.2) is 0 Å². The Hall–Kier alpha value is -0.160. The fourth-order valence-electron chi connectivity index (χ4n) is 1.38. The molecule has 0 aromatic heterocycles. The molecule has 1 fully saturated rings. The molecule has 1 aliphatic heterocycles. The molecule has 1 rings (SSSR count). The summed E-state index contributed by atoms with van der Waals surface area (Å²) in [5.74, 6) is 0. The van der Waals surface area contributed by atoms with Gasteiger partial charge in [-0.25, -0.2) is 0 Å². The minimum atomic E-state index is -0.740. The summed E-state index contributed by atoms with van der Waals surface area (Å²) < 4.78 is 0. The monoisotopic (exact) mass is 175 g/mol. The third kappa shape index (κ3) is 1.61. The lowest BCUT2D eigenvalue weighted by molar-refractivity contribution is -0.0323. The molecule has 0 spiro atoms. The molecular weight excluding hydrogens is 158 g/mol. The van der Waals surface area contributed by atoms with Crippen LogP contribution in [0.25, 0.3) is 0 Å². The van der Waals surface area contributed by atoms with Crippen molar-refractivity contribution in [1.29, 1.82) is 0 Å². The third-order valence-corrected chi connectivity index (χ3v) is 2.86. The quantitative estimate of drug-likeness (QED) is 0.452. The molecule has 1 aliphatic rings. The number of hydrogen-bond acceptors (Lipinski definition) is 4. The molecule has 72 valence electrons. The molecule has 4 nitrogen and oxygen atoms in total. The number of aliphatic hydroxyl groups excluding tert-OH is 3. The number of hydrogen-bond donors (Lipinski definition) is 3. The minimum Gasteiger partial charge on any atom is -0.396 e. The highest BCUT2D eigenvalue weighted by Crippen LogP contribution is 2.28. The molecule has 1 heterocycles.